The van der Waals surface area contributed by atoms with Crippen molar-refractivity contribution in [1.82, 2.24) is 0 Å². The van der Waals surface area contributed by atoms with Crippen LogP contribution in [-0.4, -0.2) is 42.9 Å². The normalized spacial score (nSPS) is 20.9. The summed E-state index contributed by atoms with van der Waals surface area (Å²) in [6, 6.07) is 3.58. The fourth-order valence-electron chi connectivity index (χ4n) is 3.47. The van der Waals surface area contributed by atoms with Gasteiger partial charge < -0.3 is 9.47 Å². The SMILES string of the molecule is O=C(Oc1c(I)cc(I)cc1I)C1CCCCCCC1C(=O)OC(CS(=O)(=O)O)C(F)(F)F. The summed E-state index contributed by atoms with van der Waals surface area (Å²) in [4.78, 5) is 25.8. The maximum Gasteiger partial charge on any atom is 0.426 e. The molecule has 14 heteroatoms. The van der Waals surface area contributed by atoms with Crippen LogP contribution >= 0.6 is 67.8 Å². The summed E-state index contributed by atoms with van der Waals surface area (Å²) in [6.45, 7) is 0. The summed E-state index contributed by atoms with van der Waals surface area (Å²) in [7, 11) is -5.07. The predicted molar refractivity (Wildman–Crippen MR) is 137 cm³/mol. The first-order chi connectivity index (χ1) is 15.2. The Labute approximate surface area is 230 Å². The first kappa shape index (κ1) is 29.3. The van der Waals surface area contributed by atoms with Crippen LogP contribution in [0.25, 0.3) is 0 Å². The maximum absolute atomic E-state index is 13.2. The summed E-state index contributed by atoms with van der Waals surface area (Å²) in [6.07, 6.45) is -5.38. The zero-order chi connectivity index (χ0) is 25.0. The number of hydrogen-bond donors (Lipinski definition) is 1. The molecule has 7 nitrogen and oxygen atoms in total. The van der Waals surface area contributed by atoms with Gasteiger partial charge in [0.15, 0.2) is 5.75 Å². The molecular formula is C19H20F3I3O7S. The van der Waals surface area contributed by atoms with Crippen molar-refractivity contribution in [2.45, 2.75) is 50.8 Å². The first-order valence-electron chi connectivity index (χ1n) is 9.77. The average molecular weight is 830 g/mol. The van der Waals surface area contributed by atoms with Crippen LogP contribution in [-0.2, 0) is 24.4 Å². The van der Waals surface area contributed by atoms with Gasteiger partial charge >= 0.3 is 18.1 Å². The second-order valence-corrected chi connectivity index (χ2v) is 12.6. The molecule has 3 atom stereocenters. The Morgan fingerprint density at radius 1 is 1.00 bits per heavy atom. The second-order valence-electron chi connectivity index (χ2n) is 7.54. The van der Waals surface area contributed by atoms with Crippen molar-refractivity contribution in [3.63, 3.8) is 0 Å². The highest BCUT2D eigenvalue weighted by molar-refractivity contribution is 14.1. The first-order valence-corrected chi connectivity index (χ1v) is 14.6. The molecule has 3 unspecified atom stereocenters. The zero-order valence-corrected chi connectivity index (χ0v) is 24.2. The molecule has 0 aromatic heterocycles. The molecule has 1 N–H and O–H groups in total. The summed E-state index contributed by atoms with van der Waals surface area (Å²) in [5.74, 6) is -5.89. The van der Waals surface area contributed by atoms with Gasteiger partial charge in [-0.05, 0) is 92.7 Å². The van der Waals surface area contributed by atoms with Crippen LogP contribution in [0.1, 0.15) is 38.5 Å². The van der Waals surface area contributed by atoms with Crippen LogP contribution in [0.4, 0.5) is 13.2 Å². The number of halogens is 6. The molecule has 1 aliphatic rings. The zero-order valence-electron chi connectivity index (χ0n) is 16.9. The third-order valence-corrected chi connectivity index (χ3v) is 7.97. The van der Waals surface area contributed by atoms with Crippen molar-refractivity contribution in [3.8, 4) is 5.75 Å². The van der Waals surface area contributed by atoms with Crippen LogP contribution in [0, 0.1) is 22.5 Å². The van der Waals surface area contributed by atoms with Gasteiger partial charge in [-0.3, -0.25) is 14.1 Å². The summed E-state index contributed by atoms with van der Waals surface area (Å²) in [5, 5.41) is 0. The molecule has 2 rings (SSSR count). The number of hydrogen-bond acceptors (Lipinski definition) is 6. The van der Waals surface area contributed by atoms with Crippen LogP contribution in [0.5, 0.6) is 5.75 Å². The molecule has 1 saturated carbocycles. The average Bonchev–Trinajstić information content (AvgIpc) is 2.61. The van der Waals surface area contributed by atoms with Crippen molar-refractivity contribution in [3.05, 3.63) is 22.8 Å². The minimum absolute atomic E-state index is 0.0932. The number of esters is 2. The number of benzene rings is 1. The number of ether oxygens (including phenoxy) is 2. The maximum atomic E-state index is 13.2. The molecule has 1 aromatic rings. The summed E-state index contributed by atoms with van der Waals surface area (Å²) in [5.41, 5.74) is 0. The van der Waals surface area contributed by atoms with E-state index in [-0.39, 0.29) is 12.8 Å². The van der Waals surface area contributed by atoms with E-state index in [0.717, 1.165) is 16.4 Å². The standard InChI is InChI=1S/C19H20F3I3O7S/c20-19(21,22)15(9-33(28,29)30)31-17(26)11-5-3-1-2-4-6-12(11)18(27)32-16-13(24)7-10(23)8-14(16)25/h7-8,11-12,15H,1-6,9H2,(H,28,29,30). The molecule has 0 bridgehead atoms. The van der Waals surface area contributed by atoms with E-state index < -0.39 is 51.9 Å². The van der Waals surface area contributed by atoms with E-state index in [1.165, 1.54) is 0 Å². The number of carbonyl (C=O) groups excluding carboxylic acids is 2. The van der Waals surface area contributed by atoms with E-state index in [0.29, 0.717) is 25.7 Å². The van der Waals surface area contributed by atoms with Crippen molar-refractivity contribution >= 4 is 89.8 Å². The van der Waals surface area contributed by atoms with Crippen LogP contribution in [0.3, 0.4) is 0 Å². The molecule has 0 amide bonds. The Morgan fingerprint density at radius 2 is 1.48 bits per heavy atom. The lowest BCUT2D eigenvalue weighted by atomic mass is 9.81. The van der Waals surface area contributed by atoms with E-state index >= 15 is 0 Å². The predicted octanol–water partition coefficient (Wildman–Crippen LogP) is 5.35. The van der Waals surface area contributed by atoms with Gasteiger partial charge in [0.1, 0.15) is 5.75 Å². The van der Waals surface area contributed by atoms with Gasteiger partial charge in [0.25, 0.3) is 10.1 Å². The lowest BCUT2D eigenvalue weighted by Gasteiger charge is -2.28. The molecule has 0 saturated heterocycles. The monoisotopic (exact) mass is 830 g/mol. The van der Waals surface area contributed by atoms with Gasteiger partial charge in [-0.1, -0.05) is 25.7 Å². The molecular weight excluding hydrogens is 810 g/mol. The minimum Gasteiger partial charge on any atom is -0.451 e. The van der Waals surface area contributed by atoms with Crippen molar-refractivity contribution in [1.29, 1.82) is 0 Å². The molecule has 186 valence electrons. The van der Waals surface area contributed by atoms with E-state index in [2.05, 4.69) is 27.3 Å². The van der Waals surface area contributed by atoms with Crippen molar-refractivity contribution < 1.29 is 45.2 Å². The highest BCUT2D eigenvalue weighted by Crippen LogP contribution is 2.35. The van der Waals surface area contributed by atoms with Gasteiger partial charge in [0.2, 0.25) is 6.10 Å². The van der Waals surface area contributed by atoms with E-state index in [9.17, 15) is 31.2 Å². The van der Waals surface area contributed by atoms with E-state index in [4.69, 9.17) is 9.29 Å². The summed E-state index contributed by atoms with van der Waals surface area (Å²) >= 11 is 6.11. The highest BCUT2D eigenvalue weighted by atomic mass is 127. The number of rotatable bonds is 6. The molecule has 0 aliphatic heterocycles. The Balaban J connectivity index is 2.29. The Kier molecular flexibility index (Phi) is 10.9. The Bertz CT molecular complexity index is 962. The molecule has 0 spiro atoms. The third kappa shape index (κ3) is 9.21. The van der Waals surface area contributed by atoms with E-state index in [1.807, 2.05) is 45.2 Å². The van der Waals surface area contributed by atoms with Crippen LogP contribution in [0.15, 0.2) is 12.1 Å². The molecule has 0 radical (unpaired) electrons. The molecule has 1 aromatic carbocycles. The van der Waals surface area contributed by atoms with Crippen molar-refractivity contribution in [2.24, 2.45) is 11.8 Å². The van der Waals surface area contributed by atoms with Gasteiger partial charge in [0, 0.05) is 3.57 Å². The fraction of sp³-hybridized carbons (Fsp3) is 0.579. The fourth-order valence-corrected chi connectivity index (χ4v) is 7.91. The van der Waals surface area contributed by atoms with E-state index in [1.54, 1.807) is 12.1 Å². The van der Waals surface area contributed by atoms with Crippen molar-refractivity contribution in [2.75, 3.05) is 5.75 Å². The van der Waals surface area contributed by atoms with Gasteiger partial charge in [-0.15, -0.1) is 0 Å². The van der Waals surface area contributed by atoms with Crippen LogP contribution < -0.4 is 4.74 Å². The van der Waals surface area contributed by atoms with Gasteiger partial charge in [-0.2, -0.15) is 21.6 Å². The number of alkyl halides is 3. The highest BCUT2D eigenvalue weighted by Gasteiger charge is 2.47. The molecule has 1 aliphatic carbocycles. The Hall–Kier alpha value is 0.0500. The lowest BCUT2D eigenvalue weighted by molar-refractivity contribution is -0.218. The van der Waals surface area contributed by atoms with Crippen LogP contribution in [0.2, 0.25) is 0 Å². The largest absolute Gasteiger partial charge is 0.451 e. The Morgan fingerprint density at radius 3 is 1.94 bits per heavy atom. The molecule has 0 heterocycles. The molecule has 1 fully saturated rings. The van der Waals surface area contributed by atoms with Gasteiger partial charge in [0.05, 0.1) is 19.0 Å². The molecule has 33 heavy (non-hydrogen) atoms. The lowest BCUT2D eigenvalue weighted by Crippen LogP contribution is -2.43. The topological polar surface area (TPSA) is 107 Å². The quantitative estimate of drug-likeness (QED) is 0.178. The third-order valence-electron chi connectivity index (χ3n) is 5.02. The summed E-state index contributed by atoms with van der Waals surface area (Å²) < 4.78 is 82.9. The second kappa shape index (κ2) is 12.3. The van der Waals surface area contributed by atoms with Gasteiger partial charge in [-0.25, -0.2) is 0 Å². The smallest absolute Gasteiger partial charge is 0.426 e. The number of carbonyl (C=O) groups is 2. The minimum atomic E-state index is -5.21.